The van der Waals surface area contributed by atoms with Gasteiger partial charge in [0.05, 0.1) is 37.3 Å². The first kappa shape index (κ1) is 15.2. The van der Waals surface area contributed by atoms with Gasteiger partial charge in [-0.3, -0.25) is 9.59 Å². The van der Waals surface area contributed by atoms with Crippen LogP contribution in [0.4, 0.5) is 0 Å². The van der Waals surface area contributed by atoms with E-state index in [-0.39, 0.29) is 23.8 Å². The number of hydrogen-bond donors (Lipinski definition) is 1. The van der Waals surface area contributed by atoms with Crippen molar-refractivity contribution in [1.29, 1.82) is 0 Å². The van der Waals surface area contributed by atoms with Gasteiger partial charge in [0.1, 0.15) is 11.4 Å². The van der Waals surface area contributed by atoms with Crippen LogP contribution >= 0.6 is 0 Å². The third-order valence-electron chi connectivity index (χ3n) is 6.21. The van der Waals surface area contributed by atoms with Crippen molar-refractivity contribution in [2.45, 2.75) is 50.0 Å². The highest BCUT2D eigenvalue weighted by atomic mass is 16.5. The Labute approximate surface area is 146 Å². The van der Waals surface area contributed by atoms with Gasteiger partial charge in [0.2, 0.25) is 11.8 Å². The predicted molar refractivity (Wildman–Crippen MR) is 88.2 cm³/mol. The Bertz CT molecular complexity index is 722. The Morgan fingerprint density at radius 2 is 2.20 bits per heavy atom. The summed E-state index contributed by atoms with van der Waals surface area (Å²) < 4.78 is 11.4. The summed E-state index contributed by atoms with van der Waals surface area (Å²) >= 11 is 0. The van der Waals surface area contributed by atoms with Crippen LogP contribution in [-0.2, 0) is 20.9 Å². The molecule has 25 heavy (non-hydrogen) atoms. The third kappa shape index (κ3) is 2.20. The van der Waals surface area contributed by atoms with Crippen LogP contribution in [0.2, 0.25) is 0 Å². The van der Waals surface area contributed by atoms with Gasteiger partial charge in [0.15, 0.2) is 0 Å². The summed E-state index contributed by atoms with van der Waals surface area (Å²) in [7, 11) is 0. The number of carbonyl (C=O) groups excluding carboxylic acids is 2. The quantitative estimate of drug-likeness (QED) is 0.844. The first-order valence-corrected chi connectivity index (χ1v) is 9.16. The molecule has 1 aliphatic carbocycles. The molecule has 1 N–H and O–H groups in total. The lowest BCUT2D eigenvalue weighted by atomic mass is 9.77. The molecule has 0 aromatic carbocycles. The van der Waals surface area contributed by atoms with Crippen LogP contribution in [0.1, 0.15) is 31.4 Å². The molecule has 1 saturated carbocycles. The van der Waals surface area contributed by atoms with Gasteiger partial charge in [-0.15, -0.1) is 0 Å². The number of carbonyl (C=O) groups is 2. The number of hydrogen-bond acceptors (Lipinski definition) is 4. The lowest BCUT2D eigenvalue weighted by molar-refractivity contribution is -0.138. The highest BCUT2D eigenvalue weighted by Gasteiger charge is 2.67. The van der Waals surface area contributed by atoms with Crippen molar-refractivity contribution in [2.24, 2.45) is 11.8 Å². The van der Waals surface area contributed by atoms with Crippen LogP contribution in [0, 0.1) is 11.8 Å². The second-order valence-corrected chi connectivity index (χ2v) is 7.60. The largest absolute Gasteiger partial charge is 0.467 e. The number of nitrogens with one attached hydrogen (secondary N) is 1. The second-order valence-electron chi connectivity index (χ2n) is 7.60. The van der Waals surface area contributed by atoms with Crippen molar-refractivity contribution in [3.8, 4) is 0 Å². The number of ether oxygens (including phenoxy) is 1. The monoisotopic (exact) mass is 342 g/mol. The average molecular weight is 342 g/mol. The zero-order valence-corrected chi connectivity index (χ0v) is 14.0. The van der Waals surface area contributed by atoms with Gasteiger partial charge in [0.25, 0.3) is 0 Å². The maximum Gasteiger partial charge on any atom is 0.230 e. The first-order chi connectivity index (χ1) is 12.2. The van der Waals surface area contributed by atoms with Crippen molar-refractivity contribution < 1.29 is 18.7 Å². The van der Waals surface area contributed by atoms with E-state index in [0.29, 0.717) is 24.9 Å². The van der Waals surface area contributed by atoms with E-state index in [4.69, 9.17) is 9.15 Å². The van der Waals surface area contributed by atoms with Gasteiger partial charge >= 0.3 is 0 Å². The number of nitrogens with zero attached hydrogens (tertiary/aromatic N) is 1. The topological polar surface area (TPSA) is 71.8 Å². The molecule has 1 spiro atoms. The molecule has 4 atom stereocenters. The molecule has 3 fully saturated rings. The summed E-state index contributed by atoms with van der Waals surface area (Å²) in [6.07, 6.45) is 9.76. The normalized spacial score (nSPS) is 36.4. The van der Waals surface area contributed by atoms with E-state index in [2.05, 4.69) is 5.32 Å². The van der Waals surface area contributed by atoms with E-state index in [0.717, 1.165) is 12.8 Å². The van der Waals surface area contributed by atoms with E-state index in [1.54, 1.807) is 12.3 Å². The zero-order valence-electron chi connectivity index (χ0n) is 14.0. The van der Waals surface area contributed by atoms with Crippen LogP contribution in [0.25, 0.3) is 0 Å². The van der Waals surface area contributed by atoms with E-state index in [9.17, 15) is 9.59 Å². The lowest BCUT2D eigenvalue weighted by Gasteiger charge is -2.26. The number of rotatable bonds is 4. The SMILES string of the molecule is O=C(NCc1ccco1)[C@@H]1[C@H]2C(=O)N(C3CCCC3)C[C@@]23C=C[C@H]1O3. The third-order valence-corrected chi connectivity index (χ3v) is 6.21. The van der Waals surface area contributed by atoms with Gasteiger partial charge in [-0.05, 0) is 25.0 Å². The van der Waals surface area contributed by atoms with Crippen LogP contribution in [0.3, 0.4) is 0 Å². The van der Waals surface area contributed by atoms with E-state index >= 15 is 0 Å². The molecular formula is C19H22N2O4. The van der Waals surface area contributed by atoms with Crippen molar-refractivity contribution in [3.63, 3.8) is 0 Å². The fourth-order valence-electron chi connectivity index (χ4n) is 5.06. The average Bonchev–Trinajstić information content (AvgIpc) is 3.39. The Kier molecular flexibility index (Phi) is 3.32. The van der Waals surface area contributed by atoms with Gasteiger partial charge in [0, 0.05) is 6.04 Å². The summed E-state index contributed by atoms with van der Waals surface area (Å²) in [6, 6.07) is 3.93. The van der Waals surface area contributed by atoms with Crippen molar-refractivity contribution >= 4 is 11.8 Å². The fourth-order valence-corrected chi connectivity index (χ4v) is 5.06. The van der Waals surface area contributed by atoms with Gasteiger partial charge < -0.3 is 19.4 Å². The summed E-state index contributed by atoms with van der Waals surface area (Å²) in [4.78, 5) is 27.9. The molecule has 6 heteroatoms. The molecule has 1 aromatic heterocycles. The number of likely N-dealkylation sites (tertiary alicyclic amines) is 1. The first-order valence-electron chi connectivity index (χ1n) is 9.16. The molecule has 4 aliphatic rings. The summed E-state index contributed by atoms with van der Waals surface area (Å²) in [5, 5.41) is 2.91. The van der Waals surface area contributed by atoms with Crippen molar-refractivity contribution in [2.75, 3.05) is 6.54 Å². The van der Waals surface area contributed by atoms with E-state index < -0.39 is 11.5 Å². The van der Waals surface area contributed by atoms with Crippen LogP contribution in [-0.4, -0.2) is 41.0 Å². The number of amides is 2. The molecule has 132 valence electrons. The summed E-state index contributed by atoms with van der Waals surface area (Å²) in [6.45, 7) is 0.926. The maximum atomic E-state index is 13.1. The molecule has 1 aromatic rings. The minimum absolute atomic E-state index is 0.0944. The minimum atomic E-state index is -0.600. The smallest absolute Gasteiger partial charge is 0.230 e. The van der Waals surface area contributed by atoms with E-state index in [1.165, 1.54) is 12.8 Å². The molecule has 6 nitrogen and oxygen atoms in total. The molecule has 2 amide bonds. The molecule has 2 bridgehead atoms. The number of fused-ring (bicyclic) bond motifs is 1. The molecular weight excluding hydrogens is 320 g/mol. The van der Waals surface area contributed by atoms with Gasteiger partial charge in [-0.2, -0.15) is 0 Å². The fraction of sp³-hybridized carbons (Fsp3) is 0.579. The van der Waals surface area contributed by atoms with Crippen LogP contribution < -0.4 is 5.32 Å². The minimum Gasteiger partial charge on any atom is -0.467 e. The molecule has 0 unspecified atom stereocenters. The predicted octanol–water partition coefficient (Wildman–Crippen LogP) is 1.62. The Morgan fingerprint density at radius 3 is 2.96 bits per heavy atom. The number of furan rings is 1. The Morgan fingerprint density at radius 1 is 1.36 bits per heavy atom. The Hall–Kier alpha value is -2.08. The molecule has 2 saturated heterocycles. The highest BCUT2D eigenvalue weighted by molar-refractivity contribution is 5.93. The van der Waals surface area contributed by atoms with Crippen molar-refractivity contribution in [3.05, 3.63) is 36.3 Å². The second kappa shape index (κ2) is 5.46. The lowest BCUT2D eigenvalue weighted by Crippen LogP contribution is -2.44. The summed E-state index contributed by atoms with van der Waals surface area (Å²) in [5.74, 6) is -0.164. The molecule has 3 aliphatic heterocycles. The molecule has 4 heterocycles. The standard InChI is InChI=1S/C19H22N2O4/c22-17(20-10-13-6-3-9-24-13)15-14-7-8-19(25-14)11-21(18(23)16(15)19)12-4-1-2-5-12/h3,6-9,12,14-16H,1-2,4-5,10-11H2,(H,20,22)/t14-,15+,16+,19+/m1/s1. The Balaban J connectivity index is 1.36. The molecule has 0 radical (unpaired) electrons. The van der Waals surface area contributed by atoms with Crippen LogP contribution in [0.5, 0.6) is 0 Å². The highest BCUT2D eigenvalue weighted by Crippen LogP contribution is 2.52. The zero-order chi connectivity index (χ0) is 17.0. The van der Waals surface area contributed by atoms with Crippen molar-refractivity contribution in [1.82, 2.24) is 10.2 Å². The summed E-state index contributed by atoms with van der Waals surface area (Å²) in [5.41, 5.74) is -0.600. The van der Waals surface area contributed by atoms with E-state index in [1.807, 2.05) is 23.1 Å². The maximum absolute atomic E-state index is 13.1. The van der Waals surface area contributed by atoms with Crippen LogP contribution in [0.15, 0.2) is 35.0 Å². The van der Waals surface area contributed by atoms with Gasteiger partial charge in [-0.25, -0.2) is 0 Å². The molecule has 5 rings (SSSR count). The van der Waals surface area contributed by atoms with Gasteiger partial charge in [-0.1, -0.05) is 25.0 Å².